The Morgan fingerprint density at radius 1 is 1.33 bits per heavy atom. The fraction of sp³-hybridized carbons (Fsp3) is 0.333. The molecule has 6 heteroatoms. The van der Waals surface area contributed by atoms with E-state index < -0.39 is 17.7 Å². The number of carbonyl (C=O) groups is 2. The zero-order valence-electron chi connectivity index (χ0n) is 11.2. The Balaban J connectivity index is 1.84. The number of furan rings is 1. The Labute approximate surface area is 119 Å². The lowest BCUT2D eigenvalue weighted by molar-refractivity contribution is -0.143. The van der Waals surface area contributed by atoms with E-state index in [-0.39, 0.29) is 18.2 Å². The maximum absolute atomic E-state index is 13.1. The van der Waals surface area contributed by atoms with Gasteiger partial charge in [0.15, 0.2) is 5.76 Å². The predicted octanol–water partition coefficient (Wildman–Crippen LogP) is 2.51. The molecule has 0 radical (unpaired) electrons. The van der Waals surface area contributed by atoms with Gasteiger partial charge in [-0.05, 0) is 37.1 Å². The molecule has 1 atom stereocenters. The summed E-state index contributed by atoms with van der Waals surface area (Å²) < 4.78 is 18.6. The van der Waals surface area contributed by atoms with E-state index in [1.807, 2.05) is 0 Å². The molecule has 1 aromatic heterocycles. The highest BCUT2D eigenvalue weighted by Crippen LogP contribution is 2.24. The van der Waals surface area contributed by atoms with Crippen LogP contribution in [0.5, 0.6) is 0 Å². The third kappa shape index (κ3) is 2.61. The van der Waals surface area contributed by atoms with Crippen LogP contribution in [0.2, 0.25) is 0 Å². The van der Waals surface area contributed by atoms with Gasteiger partial charge in [0.25, 0.3) is 5.91 Å². The number of likely N-dealkylation sites (tertiary alicyclic amines) is 1. The number of benzene rings is 1. The number of carboxylic acid groups (broad SMARTS) is 1. The van der Waals surface area contributed by atoms with Gasteiger partial charge < -0.3 is 14.4 Å². The van der Waals surface area contributed by atoms with Crippen molar-refractivity contribution in [3.05, 3.63) is 35.8 Å². The molecule has 1 amide bonds. The molecular weight excluding hydrogens is 277 g/mol. The molecule has 0 bridgehead atoms. The van der Waals surface area contributed by atoms with Crippen molar-refractivity contribution in [1.82, 2.24) is 4.90 Å². The number of fused-ring (bicyclic) bond motifs is 1. The van der Waals surface area contributed by atoms with Crippen molar-refractivity contribution < 1.29 is 23.5 Å². The molecule has 1 aliphatic heterocycles. The summed E-state index contributed by atoms with van der Waals surface area (Å²) >= 11 is 0. The third-order valence-electron chi connectivity index (χ3n) is 3.75. The fourth-order valence-electron chi connectivity index (χ4n) is 2.64. The first kappa shape index (κ1) is 13.6. The summed E-state index contributed by atoms with van der Waals surface area (Å²) in [5.74, 6) is -2.06. The first-order valence-corrected chi connectivity index (χ1v) is 6.76. The van der Waals surface area contributed by atoms with Gasteiger partial charge in [0.2, 0.25) is 0 Å². The summed E-state index contributed by atoms with van der Waals surface area (Å²) in [5, 5.41) is 9.57. The van der Waals surface area contributed by atoms with Gasteiger partial charge in [-0.2, -0.15) is 0 Å². The van der Waals surface area contributed by atoms with Crippen LogP contribution < -0.4 is 0 Å². The quantitative estimate of drug-likeness (QED) is 0.923. The first-order chi connectivity index (χ1) is 10.0. The first-order valence-electron chi connectivity index (χ1n) is 6.76. The van der Waals surface area contributed by atoms with E-state index in [0.29, 0.717) is 30.4 Å². The van der Waals surface area contributed by atoms with E-state index in [1.54, 1.807) is 0 Å². The number of carbonyl (C=O) groups excluding carboxylic acids is 1. The second-order valence-corrected chi connectivity index (χ2v) is 5.22. The normalized spacial score (nSPS) is 18.9. The maximum Gasteiger partial charge on any atom is 0.308 e. The van der Waals surface area contributed by atoms with Crippen LogP contribution >= 0.6 is 0 Å². The molecule has 0 saturated carbocycles. The largest absolute Gasteiger partial charge is 0.481 e. The Kier molecular flexibility index (Phi) is 3.37. The van der Waals surface area contributed by atoms with Crippen molar-refractivity contribution >= 4 is 22.8 Å². The minimum Gasteiger partial charge on any atom is -0.481 e. The smallest absolute Gasteiger partial charge is 0.308 e. The standard InChI is InChI=1S/C15H14FNO4/c16-11-3-4-12-10(6-11)7-13(21-12)14(18)17-5-1-2-9(8-17)15(19)20/h3-4,6-7,9H,1-2,5,8H2,(H,19,20)/t9-/m1/s1. The molecule has 1 N–H and O–H groups in total. The van der Waals surface area contributed by atoms with Crippen molar-refractivity contribution in [2.24, 2.45) is 5.92 Å². The number of rotatable bonds is 2. The molecule has 0 spiro atoms. The highest BCUT2D eigenvalue weighted by atomic mass is 19.1. The number of hydrogen-bond donors (Lipinski definition) is 1. The number of halogens is 1. The molecular formula is C15H14FNO4. The lowest BCUT2D eigenvalue weighted by Gasteiger charge is -2.29. The van der Waals surface area contributed by atoms with Gasteiger partial charge in [0.1, 0.15) is 11.4 Å². The summed E-state index contributed by atoms with van der Waals surface area (Å²) in [4.78, 5) is 24.9. The monoisotopic (exact) mass is 291 g/mol. The zero-order chi connectivity index (χ0) is 15.0. The van der Waals surface area contributed by atoms with Crippen molar-refractivity contribution in [3.63, 3.8) is 0 Å². The van der Waals surface area contributed by atoms with Gasteiger partial charge in [-0.3, -0.25) is 9.59 Å². The second kappa shape index (κ2) is 5.20. The average Bonchev–Trinajstić information content (AvgIpc) is 2.89. The minimum atomic E-state index is -0.890. The van der Waals surface area contributed by atoms with E-state index in [9.17, 15) is 14.0 Å². The van der Waals surface area contributed by atoms with Gasteiger partial charge in [-0.15, -0.1) is 0 Å². The number of aliphatic carboxylic acids is 1. The molecule has 2 heterocycles. The Morgan fingerprint density at radius 2 is 2.14 bits per heavy atom. The summed E-state index contributed by atoms with van der Waals surface area (Å²) in [6.07, 6.45) is 1.22. The van der Waals surface area contributed by atoms with E-state index in [0.717, 1.165) is 0 Å². The highest BCUT2D eigenvalue weighted by Gasteiger charge is 2.30. The van der Waals surface area contributed by atoms with E-state index in [2.05, 4.69) is 0 Å². The summed E-state index contributed by atoms with van der Waals surface area (Å²) in [5.41, 5.74) is 0.437. The fourth-order valence-corrected chi connectivity index (χ4v) is 2.64. The van der Waals surface area contributed by atoms with Gasteiger partial charge in [-0.1, -0.05) is 0 Å². The van der Waals surface area contributed by atoms with Crippen molar-refractivity contribution in [3.8, 4) is 0 Å². The van der Waals surface area contributed by atoms with Gasteiger partial charge in [0, 0.05) is 18.5 Å². The molecule has 110 valence electrons. The topological polar surface area (TPSA) is 70.8 Å². The van der Waals surface area contributed by atoms with Crippen LogP contribution in [-0.2, 0) is 4.79 Å². The lowest BCUT2D eigenvalue weighted by Crippen LogP contribution is -2.42. The number of carboxylic acids is 1. The predicted molar refractivity (Wildman–Crippen MR) is 72.4 cm³/mol. The number of nitrogens with zero attached hydrogens (tertiary/aromatic N) is 1. The lowest BCUT2D eigenvalue weighted by atomic mass is 9.98. The average molecular weight is 291 g/mol. The second-order valence-electron chi connectivity index (χ2n) is 5.22. The molecule has 1 saturated heterocycles. The summed E-state index contributed by atoms with van der Waals surface area (Å²) in [7, 11) is 0. The zero-order valence-corrected chi connectivity index (χ0v) is 11.2. The molecule has 1 aliphatic rings. The third-order valence-corrected chi connectivity index (χ3v) is 3.75. The van der Waals surface area contributed by atoms with Crippen LogP contribution in [0, 0.1) is 11.7 Å². The Morgan fingerprint density at radius 3 is 2.90 bits per heavy atom. The number of piperidine rings is 1. The molecule has 3 rings (SSSR count). The van der Waals surface area contributed by atoms with Gasteiger partial charge in [0.05, 0.1) is 5.92 Å². The van der Waals surface area contributed by atoms with Crippen LogP contribution in [0.15, 0.2) is 28.7 Å². The Bertz CT molecular complexity index is 709. The molecule has 5 nitrogen and oxygen atoms in total. The minimum absolute atomic E-state index is 0.113. The van der Waals surface area contributed by atoms with Crippen LogP contribution in [-0.4, -0.2) is 35.0 Å². The molecule has 1 aromatic carbocycles. The molecule has 0 aliphatic carbocycles. The van der Waals surface area contributed by atoms with Crippen LogP contribution in [0.1, 0.15) is 23.4 Å². The molecule has 21 heavy (non-hydrogen) atoms. The number of hydrogen-bond acceptors (Lipinski definition) is 3. The molecule has 0 unspecified atom stereocenters. The van der Waals surface area contributed by atoms with E-state index in [1.165, 1.54) is 29.2 Å². The van der Waals surface area contributed by atoms with Crippen LogP contribution in [0.3, 0.4) is 0 Å². The van der Waals surface area contributed by atoms with E-state index in [4.69, 9.17) is 9.52 Å². The van der Waals surface area contributed by atoms with Crippen molar-refractivity contribution in [2.75, 3.05) is 13.1 Å². The van der Waals surface area contributed by atoms with Crippen molar-refractivity contribution in [1.29, 1.82) is 0 Å². The summed E-state index contributed by atoms with van der Waals surface area (Å²) in [6, 6.07) is 5.52. The Hall–Kier alpha value is -2.37. The maximum atomic E-state index is 13.1. The van der Waals surface area contributed by atoms with Crippen LogP contribution in [0.4, 0.5) is 4.39 Å². The van der Waals surface area contributed by atoms with Crippen molar-refractivity contribution in [2.45, 2.75) is 12.8 Å². The molecule has 1 fully saturated rings. The van der Waals surface area contributed by atoms with Crippen LogP contribution in [0.25, 0.3) is 11.0 Å². The SMILES string of the molecule is O=C(O)[C@@H]1CCCN(C(=O)c2cc3cc(F)ccc3o2)C1. The van der Waals surface area contributed by atoms with E-state index >= 15 is 0 Å². The van der Waals surface area contributed by atoms with Gasteiger partial charge >= 0.3 is 5.97 Å². The van der Waals surface area contributed by atoms with Gasteiger partial charge in [-0.25, -0.2) is 4.39 Å². The molecule has 2 aromatic rings. The highest BCUT2D eigenvalue weighted by molar-refractivity contribution is 5.96. The number of amides is 1. The summed E-state index contributed by atoms with van der Waals surface area (Å²) in [6.45, 7) is 0.688.